The van der Waals surface area contributed by atoms with Crippen LogP contribution in [-0.4, -0.2) is 5.97 Å². The van der Waals surface area contributed by atoms with Gasteiger partial charge < -0.3 is 4.74 Å². The Balaban J connectivity index is 0.00000145. The molecule has 29 heavy (non-hydrogen) atoms. The van der Waals surface area contributed by atoms with Crippen LogP contribution >= 0.6 is 0 Å². The maximum Gasteiger partial charge on any atom is 0.343 e. The van der Waals surface area contributed by atoms with Crippen molar-refractivity contribution in [1.82, 2.24) is 0 Å². The van der Waals surface area contributed by atoms with Gasteiger partial charge in [0.15, 0.2) is 0 Å². The summed E-state index contributed by atoms with van der Waals surface area (Å²) < 4.78 is 18.8. The van der Waals surface area contributed by atoms with Crippen molar-refractivity contribution in [2.75, 3.05) is 0 Å². The summed E-state index contributed by atoms with van der Waals surface area (Å²) in [5, 5.41) is 8.75. The normalized spacial score (nSPS) is 18.2. The van der Waals surface area contributed by atoms with Gasteiger partial charge in [0, 0.05) is 6.07 Å². The van der Waals surface area contributed by atoms with E-state index in [2.05, 4.69) is 6.92 Å². The molecule has 0 heterocycles. The zero-order valence-electron chi connectivity index (χ0n) is 17.6. The topological polar surface area (TPSA) is 50.1 Å². The van der Waals surface area contributed by atoms with Gasteiger partial charge in [0.2, 0.25) is 0 Å². The van der Waals surface area contributed by atoms with Crippen LogP contribution in [0, 0.1) is 23.1 Å². The molecular formula is C25H30FNO2. The summed E-state index contributed by atoms with van der Waals surface area (Å²) in [6.07, 6.45) is 7.57. The highest BCUT2D eigenvalue weighted by Crippen LogP contribution is 2.37. The van der Waals surface area contributed by atoms with Gasteiger partial charge in [-0.1, -0.05) is 45.7 Å². The Morgan fingerprint density at radius 2 is 1.76 bits per heavy atom. The third-order valence-electron chi connectivity index (χ3n) is 5.43. The third-order valence-corrected chi connectivity index (χ3v) is 5.43. The van der Waals surface area contributed by atoms with E-state index in [1.165, 1.54) is 56.2 Å². The van der Waals surface area contributed by atoms with E-state index in [1.807, 2.05) is 26.0 Å². The first-order valence-electron chi connectivity index (χ1n) is 10.6. The fraction of sp³-hybridized carbons (Fsp3) is 0.440. The van der Waals surface area contributed by atoms with Crippen LogP contribution in [0.4, 0.5) is 4.39 Å². The highest BCUT2D eigenvalue weighted by molar-refractivity contribution is 5.91. The molecule has 0 unspecified atom stereocenters. The fourth-order valence-electron chi connectivity index (χ4n) is 3.90. The van der Waals surface area contributed by atoms with Gasteiger partial charge in [-0.05, 0) is 67.3 Å². The van der Waals surface area contributed by atoms with Crippen molar-refractivity contribution in [2.24, 2.45) is 5.92 Å². The molecule has 0 saturated heterocycles. The molecule has 154 valence electrons. The van der Waals surface area contributed by atoms with Gasteiger partial charge in [-0.2, -0.15) is 5.26 Å². The highest BCUT2D eigenvalue weighted by atomic mass is 19.1. The van der Waals surface area contributed by atoms with Crippen LogP contribution in [0.1, 0.15) is 86.7 Å². The third kappa shape index (κ3) is 6.15. The van der Waals surface area contributed by atoms with Gasteiger partial charge in [0.1, 0.15) is 17.6 Å². The monoisotopic (exact) mass is 395 g/mol. The molecule has 0 bridgehead atoms. The number of nitriles is 1. The Morgan fingerprint density at radius 1 is 1.10 bits per heavy atom. The zero-order chi connectivity index (χ0) is 21.2. The second kappa shape index (κ2) is 11.4. The number of esters is 1. The quantitative estimate of drug-likeness (QED) is 0.404. The number of rotatable bonds is 5. The Bertz CT molecular complexity index is 831. The number of carbonyl (C=O) groups is 1. The van der Waals surface area contributed by atoms with E-state index in [0.717, 1.165) is 12.0 Å². The van der Waals surface area contributed by atoms with Gasteiger partial charge in [-0.3, -0.25) is 0 Å². The van der Waals surface area contributed by atoms with Crippen molar-refractivity contribution >= 4 is 5.97 Å². The molecule has 3 rings (SSSR count). The average molecular weight is 396 g/mol. The van der Waals surface area contributed by atoms with Crippen LogP contribution in [0.25, 0.3) is 0 Å². The number of nitrogens with zero attached hydrogens (tertiary/aromatic N) is 1. The SMILES string of the molecule is CC.CCCC1CCC(c2ccc(C(=O)Oc3ccc(C#N)c(F)c3)cc2)CC1. The number of halogens is 1. The van der Waals surface area contributed by atoms with Crippen LogP contribution < -0.4 is 4.74 Å². The standard InChI is InChI=1S/C23H24FNO2.C2H6/c1-2-3-16-4-6-17(7-5-16)18-8-10-19(11-9-18)23(26)27-21-13-12-20(15-25)22(24)14-21;1-2/h8-14,16-17H,2-7H2,1H3;1-2H3. The Kier molecular flexibility index (Phi) is 8.86. The molecule has 0 amide bonds. The first kappa shape index (κ1) is 22.6. The predicted molar refractivity (Wildman–Crippen MR) is 113 cm³/mol. The van der Waals surface area contributed by atoms with Crippen molar-refractivity contribution in [1.29, 1.82) is 5.26 Å². The second-order valence-electron chi connectivity index (χ2n) is 7.27. The van der Waals surface area contributed by atoms with Crippen molar-refractivity contribution in [3.8, 4) is 11.8 Å². The van der Waals surface area contributed by atoms with Gasteiger partial charge in [-0.25, -0.2) is 9.18 Å². The average Bonchev–Trinajstić information content (AvgIpc) is 2.76. The molecule has 0 aromatic heterocycles. The number of ether oxygens (including phenoxy) is 1. The number of hydrogen-bond acceptors (Lipinski definition) is 3. The summed E-state index contributed by atoms with van der Waals surface area (Å²) in [7, 11) is 0. The van der Waals surface area contributed by atoms with Gasteiger partial charge in [-0.15, -0.1) is 0 Å². The summed E-state index contributed by atoms with van der Waals surface area (Å²) in [4.78, 5) is 12.3. The molecule has 2 aromatic carbocycles. The molecule has 1 fully saturated rings. The fourth-order valence-corrected chi connectivity index (χ4v) is 3.90. The molecule has 0 spiro atoms. The first-order chi connectivity index (χ1) is 14.1. The van der Waals surface area contributed by atoms with E-state index < -0.39 is 11.8 Å². The minimum atomic E-state index is -0.697. The molecular weight excluding hydrogens is 365 g/mol. The zero-order valence-corrected chi connectivity index (χ0v) is 17.6. The lowest BCUT2D eigenvalue weighted by molar-refractivity contribution is 0.0734. The molecule has 0 aliphatic heterocycles. The smallest absolute Gasteiger partial charge is 0.343 e. The first-order valence-corrected chi connectivity index (χ1v) is 10.6. The second-order valence-corrected chi connectivity index (χ2v) is 7.27. The number of benzene rings is 2. The molecule has 1 aliphatic carbocycles. The lowest BCUT2D eigenvalue weighted by Crippen LogP contribution is -2.13. The molecule has 1 aliphatic rings. The number of hydrogen-bond donors (Lipinski definition) is 0. The molecule has 0 N–H and O–H groups in total. The highest BCUT2D eigenvalue weighted by Gasteiger charge is 2.22. The van der Waals surface area contributed by atoms with Gasteiger partial charge in [0.25, 0.3) is 0 Å². The van der Waals surface area contributed by atoms with Gasteiger partial charge in [0.05, 0.1) is 11.1 Å². The van der Waals surface area contributed by atoms with Crippen molar-refractivity contribution in [2.45, 2.75) is 65.2 Å². The summed E-state index contributed by atoms with van der Waals surface area (Å²) in [5.41, 5.74) is 1.63. The summed E-state index contributed by atoms with van der Waals surface area (Å²) >= 11 is 0. The molecule has 1 saturated carbocycles. The Hall–Kier alpha value is -2.67. The van der Waals surface area contributed by atoms with Crippen molar-refractivity contribution in [3.63, 3.8) is 0 Å². The van der Waals surface area contributed by atoms with E-state index in [1.54, 1.807) is 18.2 Å². The molecule has 2 aromatic rings. The molecule has 0 radical (unpaired) electrons. The van der Waals surface area contributed by atoms with E-state index in [9.17, 15) is 9.18 Å². The van der Waals surface area contributed by atoms with Crippen LogP contribution in [-0.2, 0) is 0 Å². The lowest BCUT2D eigenvalue weighted by Gasteiger charge is -2.28. The summed E-state index contributed by atoms with van der Waals surface area (Å²) in [5.74, 6) is 0.299. The molecule has 3 nitrogen and oxygen atoms in total. The number of carbonyl (C=O) groups excluding carboxylic acids is 1. The van der Waals surface area contributed by atoms with E-state index in [0.29, 0.717) is 11.5 Å². The maximum atomic E-state index is 13.6. The van der Waals surface area contributed by atoms with Crippen LogP contribution in [0.2, 0.25) is 0 Å². The molecule has 4 heteroatoms. The largest absolute Gasteiger partial charge is 0.423 e. The minimum Gasteiger partial charge on any atom is -0.423 e. The summed E-state index contributed by atoms with van der Waals surface area (Å²) in [6, 6.07) is 13.1. The Labute approximate surface area is 173 Å². The molecule has 0 atom stereocenters. The van der Waals surface area contributed by atoms with E-state index >= 15 is 0 Å². The minimum absolute atomic E-state index is 0.0761. The predicted octanol–water partition coefficient (Wildman–Crippen LogP) is 7.02. The summed E-state index contributed by atoms with van der Waals surface area (Å²) in [6.45, 7) is 6.25. The Morgan fingerprint density at radius 3 is 2.31 bits per heavy atom. The maximum absolute atomic E-state index is 13.6. The van der Waals surface area contributed by atoms with Crippen LogP contribution in [0.5, 0.6) is 5.75 Å². The van der Waals surface area contributed by atoms with Crippen LogP contribution in [0.15, 0.2) is 42.5 Å². The van der Waals surface area contributed by atoms with E-state index in [4.69, 9.17) is 10.00 Å². The van der Waals surface area contributed by atoms with Crippen molar-refractivity contribution in [3.05, 3.63) is 65.0 Å². The van der Waals surface area contributed by atoms with Crippen LogP contribution in [0.3, 0.4) is 0 Å². The lowest BCUT2D eigenvalue weighted by atomic mass is 9.77. The van der Waals surface area contributed by atoms with Gasteiger partial charge >= 0.3 is 5.97 Å². The van der Waals surface area contributed by atoms with Crippen molar-refractivity contribution < 1.29 is 13.9 Å². The van der Waals surface area contributed by atoms with E-state index in [-0.39, 0.29) is 11.3 Å².